The molecule has 0 aromatic carbocycles. The molecule has 0 heterocycles. The van der Waals surface area contributed by atoms with E-state index < -0.39 is 0 Å². The largest absolute Gasteiger partial charge is 0.469 e. The Morgan fingerprint density at radius 3 is 2.00 bits per heavy atom. The van der Waals surface area contributed by atoms with Gasteiger partial charge in [-0.1, -0.05) is 34.6 Å². The fraction of sp³-hybridized carbons (Fsp3) is 0.938. The van der Waals surface area contributed by atoms with Crippen LogP contribution in [0.3, 0.4) is 0 Å². The van der Waals surface area contributed by atoms with Gasteiger partial charge in [-0.3, -0.25) is 4.79 Å². The number of carbonyl (C=O) groups is 1. The van der Waals surface area contributed by atoms with Gasteiger partial charge in [0, 0.05) is 5.54 Å². The van der Waals surface area contributed by atoms with E-state index in [1.807, 2.05) is 0 Å². The van der Waals surface area contributed by atoms with Crippen LogP contribution in [0, 0.1) is 16.7 Å². The van der Waals surface area contributed by atoms with E-state index in [0.29, 0.717) is 17.8 Å². The van der Waals surface area contributed by atoms with Crippen LogP contribution in [0.5, 0.6) is 0 Å². The summed E-state index contributed by atoms with van der Waals surface area (Å²) in [6, 6.07) is 0. The van der Waals surface area contributed by atoms with Crippen molar-refractivity contribution >= 4 is 5.97 Å². The van der Waals surface area contributed by atoms with Gasteiger partial charge in [0.15, 0.2) is 0 Å². The van der Waals surface area contributed by atoms with Crippen LogP contribution in [-0.2, 0) is 9.53 Å². The van der Waals surface area contributed by atoms with Crippen molar-refractivity contribution in [2.45, 2.75) is 72.3 Å². The number of methoxy groups -OCH3 is 1. The minimum Gasteiger partial charge on any atom is -0.469 e. The van der Waals surface area contributed by atoms with Gasteiger partial charge < -0.3 is 10.5 Å². The molecule has 1 saturated carbocycles. The smallest absolute Gasteiger partial charge is 0.307 e. The van der Waals surface area contributed by atoms with Gasteiger partial charge in [0.1, 0.15) is 0 Å². The van der Waals surface area contributed by atoms with E-state index in [2.05, 4.69) is 34.6 Å². The molecule has 0 aromatic rings. The summed E-state index contributed by atoms with van der Waals surface area (Å²) in [5, 5.41) is 0. The van der Waals surface area contributed by atoms with Gasteiger partial charge in [-0.15, -0.1) is 0 Å². The molecule has 0 atom stereocenters. The summed E-state index contributed by atoms with van der Waals surface area (Å²) in [5.74, 6) is 0.450. The fourth-order valence-corrected chi connectivity index (χ4v) is 3.92. The predicted molar refractivity (Wildman–Crippen MR) is 78.7 cm³/mol. The van der Waals surface area contributed by atoms with Crippen LogP contribution in [0.1, 0.15) is 66.7 Å². The molecule has 1 aliphatic rings. The maximum Gasteiger partial charge on any atom is 0.307 e. The standard InChI is InChI=1S/C16H31NO2/c1-12(2)16(14(3,4)5)9-7-15(17,8-10-16)11-13(18)19-6/h12H,7-11,17H2,1-6H3. The molecular weight excluding hydrogens is 238 g/mol. The summed E-state index contributed by atoms with van der Waals surface area (Å²) in [6.45, 7) is 11.6. The molecule has 0 aliphatic heterocycles. The molecule has 0 amide bonds. The minimum atomic E-state index is -0.364. The molecule has 0 radical (unpaired) electrons. The van der Waals surface area contributed by atoms with E-state index in [1.54, 1.807) is 0 Å². The Bertz CT molecular complexity index is 320. The number of hydrogen-bond acceptors (Lipinski definition) is 3. The summed E-state index contributed by atoms with van der Waals surface area (Å²) < 4.78 is 4.77. The van der Waals surface area contributed by atoms with E-state index in [4.69, 9.17) is 10.5 Å². The Morgan fingerprint density at radius 2 is 1.68 bits per heavy atom. The second kappa shape index (κ2) is 5.43. The van der Waals surface area contributed by atoms with Crippen LogP contribution in [0.2, 0.25) is 0 Å². The third kappa shape index (κ3) is 3.31. The first-order valence-electron chi connectivity index (χ1n) is 7.42. The lowest BCUT2D eigenvalue weighted by molar-refractivity contribution is -0.143. The number of rotatable bonds is 3. The van der Waals surface area contributed by atoms with Crippen molar-refractivity contribution in [3.8, 4) is 0 Å². The van der Waals surface area contributed by atoms with Crippen LogP contribution in [0.15, 0.2) is 0 Å². The highest BCUT2D eigenvalue weighted by molar-refractivity contribution is 5.70. The van der Waals surface area contributed by atoms with Gasteiger partial charge in [-0.25, -0.2) is 0 Å². The summed E-state index contributed by atoms with van der Waals surface area (Å²) in [6.07, 6.45) is 4.38. The highest BCUT2D eigenvalue weighted by atomic mass is 16.5. The van der Waals surface area contributed by atoms with Crippen molar-refractivity contribution in [2.24, 2.45) is 22.5 Å². The Hall–Kier alpha value is -0.570. The van der Waals surface area contributed by atoms with Crippen molar-refractivity contribution in [3.63, 3.8) is 0 Å². The lowest BCUT2D eigenvalue weighted by Crippen LogP contribution is -2.52. The summed E-state index contributed by atoms with van der Waals surface area (Å²) in [5.41, 5.74) is 6.63. The maximum absolute atomic E-state index is 11.5. The third-order valence-corrected chi connectivity index (χ3v) is 5.46. The Morgan fingerprint density at radius 1 is 1.21 bits per heavy atom. The average Bonchev–Trinajstić information content (AvgIpc) is 2.27. The molecule has 1 rings (SSSR count). The van der Waals surface area contributed by atoms with Crippen LogP contribution >= 0.6 is 0 Å². The lowest BCUT2D eigenvalue weighted by atomic mass is 9.52. The number of hydrogen-bond donors (Lipinski definition) is 1. The highest BCUT2D eigenvalue weighted by Crippen LogP contribution is 2.56. The molecule has 0 saturated heterocycles. The number of ether oxygens (including phenoxy) is 1. The van der Waals surface area contributed by atoms with Crippen molar-refractivity contribution in [1.82, 2.24) is 0 Å². The second-order valence-electron chi connectivity index (χ2n) is 7.68. The van der Waals surface area contributed by atoms with Gasteiger partial charge in [0.2, 0.25) is 0 Å². The molecule has 2 N–H and O–H groups in total. The number of carbonyl (C=O) groups excluding carboxylic acids is 1. The Kier molecular flexibility index (Phi) is 4.71. The van der Waals surface area contributed by atoms with E-state index in [0.717, 1.165) is 25.7 Å². The molecule has 19 heavy (non-hydrogen) atoms. The normalized spacial score (nSPS) is 32.4. The molecule has 1 aliphatic carbocycles. The van der Waals surface area contributed by atoms with Gasteiger partial charge in [-0.2, -0.15) is 0 Å². The van der Waals surface area contributed by atoms with Crippen molar-refractivity contribution in [2.75, 3.05) is 7.11 Å². The van der Waals surface area contributed by atoms with Crippen LogP contribution in [-0.4, -0.2) is 18.6 Å². The molecule has 0 aromatic heterocycles. The molecule has 0 spiro atoms. The van der Waals surface area contributed by atoms with Crippen LogP contribution in [0.25, 0.3) is 0 Å². The highest BCUT2D eigenvalue weighted by Gasteiger charge is 2.49. The molecule has 1 fully saturated rings. The van der Waals surface area contributed by atoms with Gasteiger partial charge >= 0.3 is 5.97 Å². The summed E-state index contributed by atoms with van der Waals surface area (Å²) in [4.78, 5) is 11.5. The quantitative estimate of drug-likeness (QED) is 0.798. The zero-order valence-electron chi connectivity index (χ0n) is 13.5. The monoisotopic (exact) mass is 269 g/mol. The Balaban J connectivity index is 2.81. The molecule has 0 unspecified atom stereocenters. The van der Waals surface area contributed by atoms with Crippen LogP contribution < -0.4 is 5.73 Å². The first-order chi connectivity index (χ1) is 8.56. The number of nitrogens with two attached hydrogens (primary N) is 1. The summed E-state index contributed by atoms with van der Waals surface area (Å²) in [7, 11) is 1.43. The minimum absolute atomic E-state index is 0.185. The zero-order valence-corrected chi connectivity index (χ0v) is 13.5. The van der Waals surface area contributed by atoms with E-state index in [9.17, 15) is 4.79 Å². The molecule has 3 heteroatoms. The molecular formula is C16H31NO2. The van der Waals surface area contributed by atoms with Crippen LogP contribution in [0.4, 0.5) is 0 Å². The fourth-order valence-electron chi connectivity index (χ4n) is 3.92. The topological polar surface area (TPSA) is 52.3 Å². The van der Waals surface area contributed by atoms with Gasteiger partial charge in [0.25, 0.3) is 0 Å². The first kappa shape index (κ1) is 16.5. The molecule has 3 nitrogen and oxygen atoms in total. The van der Waals surface area contributed by atoms with Crippen molar-refractivity contribution in [3.05, 3.63) is 0 Å². The van der Waals surface area contributed by atoms with E-state index in [-0.39, 0.29) is 16.9 Å². The predicted octanol–water partition coefficient (Wildman–Crippen LogP) is 3.51. The van der Waals surface area contributed by atoms with Gasteiger partial charge in [0.05, 0.1) is 13.5 Å². The maximum atomic E-state index is 11.5. The van der Waals surface area contributed by atoms with E-state index >= 15 is 0 Å². The molecule has 0 bridgehead atoms. The summed E-state index contributed by atoms with van der Waals surface area (Å²) >= 11 is 0. The number of esters is 1. The first-order valence-corrected chi connectivity index (χ1v) is 7.42. The van der Waals surface area contributed by atoms with Gasteiger partial charge in [-0.05, 0) is 42.4 Å². The average molecular weight is 269 g/mol. The Labute approximate surface area is 118 Å². The zero-order chi connectivity index (χ0) is 14.9. The second-order valence-corrected chi connectivity index (χ2v) is 7.68. The van der Waals surface area contributed by atoms with Crippen molar-refractivity contribution < 1.29 is 9.53 Å². The van der Waals surface area contributed by atoms with Crippen molar-refractivity contribution in [1.29, 1.82) is 0 Å². The molecule has 112 valence electrons. The SMILES string of the molecule is COC(=O)CC1(N)CCC(C(C)C)(C(C)(C)C)CC1. The van der Waals surface area contributed by atoms with E-state index in [1.165, 1.54) is 7.11 Å². The third-order valence-electron chi connectivity index (χ3n) is 5.46. The lowest BCUT2D eigenvalue weighted by Gasteiger charge is -2.54.